The van der Waals surface area contributed by atoms with Gasteiger partial charge in [-0.15, -0.1) is 0 Å². The lowest BCUT2D eigenvalue weighted by Crippen LogP contribution is -2.16. The summed E-state index contributed by atoms with van der Waals surface area (Å²) in [6, 6.07) is 7.25. The van der Waals surface area contributed by atoms with E-state index in [0.29, 0.717) is 18.7 Å². The molecule has 0 amide bonds. The fourth-order valence-corrected chi connectivity index (χ4v) is 2.29. The van der Waals surface area contributed by atoms with Crippen LogP contribution in [0.2, 0.25) is 0 Å². The van der Waals surface area contributed by atoms with Crippen LogP contribution in [0.1, 0.15) is 29.4 Å². The number of nitrogens with zero attached hydrogens (tertiary/aromatic N) is 3. The number of hydrogen-bond donors (Lipinski definition) is 1. The average Bonchev–Trinajstić information content (AvgIpc) is 2.81. The molecule has 0 fully saturated rings. The molecule has 0 aliphatic rings. The van der Waals surface area contributed by atoms with E-state index in [0.717, 1.165) is 23.4 Å². The van der Waals surface area contributed by atoms with Crippen molar-refractivity contribution < 1.29 is 4.92 Å². The Kier molecular flexibility index (Phi) is 4.70. The number of aromatic nitrogens is 2. The quantitative estimate of drug-likeness (QED) is 0.654. The second-order valence-electron chi connectivity index (χ2n) is 5.03. The van der Waals surface area contributed by atoms with E-state index in [9.17, 15) is 10.1 Å². The van der Waals surface area contributed by atoms with E-state index in [1.807, 2.05) is 17.8 Å². The van der Waals surface area contributed by atoms with Crippen molar-refractivity contribution in [2.45, 2.75) is 33.4 Å². The first-order chi connectivity index (χ1) is 10.0. The Morgan fingerprint density at radius 1 is 1.38 bits per heavy atom. The van der Waals surface area contributed by atoms with Crippen molar-refractivity contribution in [1.29, 1.82) is 0 Å². The summed E-state index contributed by atoms with van der Waals surface area (Å²) in [5.74, 6) is 0. The lowest BCUT2D eigenvalue weighted by Gasteiger charge is -2.08. The lowest BCUT2D eigenvalue weighted by atomic mass is 10.1. The first kappa shape index (κ1) is 15.2. The molecule has 21 heavy (non-hydrogen) atoms. The summed E-state index contributed by atoms with van der Waals surface area (Å²) < 4.78 is 1.87. The molecule has 0 saturated heterocycles. The minimum Gasteiger partial charge on any atom is -0.307 e. The number of nitro benzene ring substituents is 1. The van der Waals surface area contributed by atoms with Gasteiger partial charge in [0, 0.05) is 31.8 Å². The third kappa shape index (κ3) is 3.46. The molecule has 1 aromatic carbocycles. The minimum atomic E-state index is -0.340. The zero-order chi connectivity index (χ0) is 15.4. The topological polar surface area (TPSA) is 73.0 Å². The largest absolute Gasteiger partial charge is 0.307 e. The SMILES string of the molecule is CCc1cc(CNCc2cccc([N+](=O)[O-])c2C)n(C)n1. The Hall–Kier alpha value is -2.21. The van der Waals surface area contributed by atoms with Crippen LogP contribution >= 0.6 is 0 Å². The molecule has 2 aromatic rings. The second-order valence-corrected chi connectivity index (χ2v) is 5.03. The predicted molar refractivity (Wildman–Crippen MR) is 81.0 cm³/mol. The third-order valence-electron chi connectivity index (χ3n) is 3.63. The average molecular weight is 288 g/mol. The summed E-state index contributed by atoms with van der Waals surface area (Å²) in [4.78, 5) is 10.6. The molecular formula is C15H20N4O2. The van der Waals surface area contributed by atoms with Gasteiger partial charge in [-0.1, -0.05) is 19.1 Å². The minimum absolute atomic E-state index is 0.170. The van der Waals surface area contributed by atoms with Crippen molar-refractivity contribution in [3.63, 3.8) is 0 Å². The number of rotatable bonds is 6. The zero-order valence-corrected chi connectivity index (χ0v) is 12.6. The molecule has 6 heteroatoms. The molecule has 2 rings (SSSR count). The summed E-state index contributed by atoms with van der Waals surface area (Å²) >= 11 is 0. The molecule has 6 nitrogen and oxygen atoms in total. The highest BCUT2D eigenvalue weighted by Gasteiger charge is 2.12. The fourth-order valence-electron chi connectivity index (χ4n) is 2.29. The maximum absolute atomic E-state index is 10.9. The summed E-state index contributed by atoms with van der Waals surface area (Å²) in [7, 11) is 1.93. The van der Waals surface area contributed by atoms with Crippen LogP contribution in [-0.4, -0.2) is 14.7 Å². The lowest BCUT2D eigenvalue weighted by molar-refractivity contribution is -0.385. The van der Waals surface area contributed by atoms with Gasteiger partial charge < -0.3 is 5.32 Å². The Morgan fingerprint density at radius 3 is 2.76 bits per heavy atom. The van der Waals surface area contributed by atoms with Crippen LogP contribution in [0.5, 0.6) is 0 Å². The molecular weight excluding hydrogens is 268 g/mol. The molecule has 0 aliphatic heterocycles. The number of hydrogen-bond acceptors (Lipinski definition) is 4. The number of nitrogens with one attached hydrogen (secondary N) is 1. The van der Waals surface area contributed by atoms with Crippen molar-refractivity contribution in [3.8, 4) is 0 Å². The Labute approximate surface area is 123 Å². The summed E-state index contributed by atoms with van der Waals surface area (Å²) in [5.41, 5.74) is 4.01. The van der Waals surface area contributed by atoms with E-state index in [4.69, 9.17) is 0 Å². The van der Waals surface area contributed by atoms with Crippen molar-refractivity contribution >= 4 is 5.69 Å². The normalized spacial score (nSPS) is 10.8. The molecule has 0 unspecified atom stereocenters. The van der Waals surface area contributed by atoms with E-state index in [-0.39, 0.29) is 10.6 Å². The molecule has 0 saturated carbocycles. The van der Waals surface area contributed by atoms with Crippen molar-refractivity contribution in [2.75, 3.05) is 0 Å². The highest BCUT2D eigenvalue weighted by Crippen LogP contribution is 2.20. The molecule has 112 valence electrons. The molecule has 0 spiro atoms. The zero-order valence-electron chi connectivity index (χ0n) is 12.6. The van der Waals surface area contributed by atoms with Gasteiger partial charge in [0.2, 0.25) is 0 Å². The smallest absolute Gasteiger partial charge is 0.272 e. The van der Waals surface area contributed by atoms with Gasteiger partial charge in [0.05, 0.1) is 16.3 Å². The fraction of sp³-hybridized carbons (Fsp3) is 0.400. The molecule has 1 aromatic heterocycles. The Bertz CT molecular complexity index is 649. The summed E-state index contributed by atoms with van der Waals surface area (Å²) in [5, 5.41) is 18.6. The van der Waals surface area contributed by atoms with Gasteiger partial charge in [0.25, 0.3) is 5.69 Å². The van der Waals surface area contributed by atoms with E-state index >= 15 is 0 Å². The van der Waals surface area contributed by atoms with Gasteiger partial charge >= 0.3 is 0 Å². The van der Waals surface area contributed by atoms with Crippen molar-refractivity contribution in [2.24, 2.45) is 7.05 Å². The van der Waals surface area contributed by atoms with Crippen LogP contribution in [0.4, 0.5) is 5.69 Å². The molecule has 0 bridgehead atoms. The van der Waals surface area contributed by atoms with Gasteiger partial charge in [-0.05, 0) is 25.0 Å². The Morgan fingerprint density at radius 2 is 2.14 bits per heavy atom. The summed E-state index contributed by atoms with van der Waals surface area (Å²) in [6.07, 6.45) is 0.915. The van der Waals surface area contributed by atoms with E-state index in [1.165, 1.54) is 6.07 Å². The van der Waals surface area contributed by atoms with Gasteiger partial charge in [-0.2, -0.15) is 5.10 Å². The first-order valence-electron chi connectivity index (χ1n) is 6.98. The molecule has 1 heterocycles. The van der Waals surface area contributed by atoms with Crippen LogP contribution in [0.15, 0.2) is 24.3 Å². The van der Waals surface area contributed by atoms with E-state index < -0.39 is 0 Å². The summed E-state index contributed by atoms with van der Waals surface area (Å²) in [6.45, 7) is 5.15. The van der Waals surface area contributed by atoms with Crippen LogP contribution in [0.25, 0.3) is 0 Å². The van der Waals surface area contributed by atoms with Gasteiger partial charge in [-0.3, -0.25) is 14.8 Å². The standard InChI is InChI=1S/C15H20N4O2/c1-4-13-8-14(18(3)17-13)10-16-9-12-6-5-7-15(11(12)2)19(20)21/h5-8,16H,4,9-10H2,1-3H3. The number of aryl methyl sites for hydroxylation is 2. The first-order valence-corrected chi connectivity index (χ1v) is 6.98. The van der Waals surface area contributed by atoms with Crippen LogP contribution < -0.4 is 5.32 Å². The van der Waals surface area contributed by atoms with E-state index in [1.54, 1.807) is 13.0 Å². The number of benzene rings is 1. The third-order valence-corrected chi connectivity index (χ3v) is 3.63. The molecule has 0 atom stereocenters. The maximum atomic E-state index is 10.9. The van der Waals surface area contributed by atoms with Gasteiger partial charge in [-0.25, -0.2) is 0 Å². The van der Waals surface area contributed by atoms with Crippen molar-refractivity contribution in [1.82, 2.24) is 15.1 Å². The maximum Gasteiger partial charge on any atom is 0.272 e. The molecule has 0 aliphatic carbocycles. The van der Waals surface area contributed by atoms with Gasteiger partial charge in [0.15, 0.2) is 0 Å². The second kappa shape index (κ2) is 6.49. The van der Waals surface area contributed by atoms with Crippen LogP contribution in [-0.2, 0) is 26.6 Å². The molecule has 1 N–H and O–H groups in total. The highest BCUT2D eigenvalue weighted by atomic mass is 16.6. The Balaban J connectivity index is 2.02. The van der Waals surface area contributed by atoms with Gasteiger partial charge in [0.1, 0.15) is 0 Å². The number of nitro groups is 1. The molecule has 0 radical (unpaired) electrons. The van der Waals surface area contributed by atoms with E-state index in [2.05, 4.69) is 23.4 Å². The predicted octanol–water partition coefficient (Wildman–Crippen LogP) is 2.49. The highest BCUT2D eigenvalue weighted by molar-refractivity contribution is 5.44. The monoisotopic (exact) mass is 288 g/mol. The van der Waals surface area contributed by atoms with Crippen molar-refractivity contribution in [3.05, 3.63) is 56.9 Å². The van der Waals surface area contributed by atoms with Crippen LogP contribution in [0.3, 0.4) is 0 Å². The van der Waals surface area contributed by atoms with Crippen LogP contribution in [0, 0.1) is 17.0 Å².